The summed E-state index contributed by atoms with van der Waals surface area (Å²) in [6.45, 7) is 4.72. The van der Waals surface area contributed by atoms with E-state index < -0.39 is 4.92 Å². The Balaban J connectivity index is 2.86. The van der Waals surface area contributed by atoms with Crippen molar-refractivity contribution in [2.24, 2.45) is 5.41 Å². The average Bonchev–Trinajstić information content (AvgIpc) is 2.37. The number of rotatable bonds is 7. The second-order valence-electron chi connectivity index (χ2n) is 5.39. The number of nitrogens with zero attached hydrogens (tertiary/aromatic N) is 1. The van der Waals surface area contributed by atoms with E-state index in [2.05, 4.69) is 5.32 Å². The highest BCUT2D eigenvalue weighted by atomic mass is 35.5. The molecule has 1 aromatic rings. The van der Waals surface area contributed by atoms with E-state index in [0.29, 0.717) is 18.7 Å². The number of aliphatic hydroxyl groups is 1. The van der Waals surface area contributed by atoms with Crippen LogP contribution in [-0.4, -0.2) is 23.2 Å². The van der Waals surface area contributed by atoms with E-state index in [9.17, 15) is 10.1 Å². The van der Waals surface area contributed by atoms with Crippen LogP contribution in [0.2, 0.25) is 10.0 Å². The fraction of sp³-hybridized carbons (Fsp3) is 0.538. The number of hydrogen-bond donors (Lipinski definition) is 2. The van der Waals surface area contributed by atoms with Gasteiger partial charge in [0.2, 0.25) is 0 Å². The molecule has 0 aliphatic rings. The third kappa shape index (κ3) is 4.81. The minimum atomic E-state index is -0.495. The maximum atomic E-state index is 11.0. The molecule has 0 spiro atoms. The molecular weight excluding hydrogens is 303 g/mol. The Labute approximate surface area is 128 Å². The van der Waals surface area contributed by atoms with Crippen LogP contribution >= 0.6 is 23.2 Å². The monoisotopic (exact) mass is 320 g/mol. The topological polar surface area (TPSA) is 75.4 Å². The van der Waals surface area contributed by atoms with E-state index in [0.717, 1.165) is 6.42 Å². The molecule has 0 heterocycles. The molecule has 0 fully saturated rings. The van der Waals surface area contributed by atoms with Crippen molar-refractivity contribution >= 4 is 34.6 Å². The second kappa shape index (κ2) is 7.11. The first-order valence-electron chi connectivity index (χ1n) is 6.25. The van der Waals surface area contributed by atoms with Crippen molar-refractivity contribution in [2.75, 3.05) is 18.5 Å². The minimum absolute atomic E-state index is 0.0945. The summed E-state index contributed by atoms with van der Waals surface area (Å²) in [5.41, 5.74) is 0.154. The van der Waals surface area contributed by atoms with Crippen molar-refractivity contribution in [3.8, 4) is 0 Å². The van der Waals surface area contributed by atoms with Gasteiger partial charge in [0, 0.05) is 19.2 Å². The number of anilines is 1. The number of halogens is 2. The summed E-state index contributed by atoms with van der Waals surface area (Å²) in [6, 6.07) is 2.71. The summed E-state index contributed by atoms with van der Waals surface area (Å²) in [7, 11) is 0. The molecule has 0 aliphatic heterocycles. The largest absolute Gasteiger partial charge is 0.396 e. The van der Waals surface area contributed by atoms with Gasteiger partial charge in [-0.25, -0.2) is 0 Å². The number of nitro groups is 1. The number of nitrogens with one attached hydrogen (secondary N) is 1. The lowest BCUT2D eigenvalue weighted by Gasteiger charge is -2.25. The Hall–Kier alpha value is -1.04. The van der Waals surface area contributed by atoms with E-state index in [4.69, 9.17) is 28.3 Å². The van der Waals surface area contributed by atoms with Crippen LogP contribution in [0.15, 0.2) is 12.1 Å². The molecule has 5 nitrogen and oxygen atoms in total. The molecule has 0 aliphatic carbocycles. The number of nitro benzene ring substituents is 1. The molecule has 1 rings (SSSR count). The van der Waals surface area contributed by atoms with Crippen molar-refractivity contribution in [3.63, 3.8) is 0 Å². The third-order valence-electron chi connectivity index (χ3n) is 3.00. The van der Waals surface area contributed by atoms with Gasteiger partial charge in [-0.1, -0.05) is 37.0 Å². The Morgan fingerprint density at radius 2 is 1.95 bits per heavy atom. The molecule has 1 aromatic carbocycles. The second-order valence-corrected chi connectivity index (χ2v) is 6.20. The van der Waals surface area contributed by atoms with Gasteiger partial charge in [-0.2, -0.15) is 0 Å². The standard InChI is InChI=1S/C13H18Cl2N2O3/c1-13(2,4-3-5-18)8-16-11-6-9(14)10(15)7-12(11)17(19)20/h6-7,16,18H,3-5,8H2,1-2H3. The highest BCUT2D eigenvalue weighted by Gasteiger charge is 2.21. The van der Waals surface area contributed by atoms with Crippen LogP contribution in [0.1, 0.15) is 26.7 Å². The van der Waals surface area contributed by atoms with E-state index in [1.165, 1.54) is 12.1 Å². The first kappa shape index (κ1) is 17.0. The van der Waals surface area contributed by atoms with Crippen LogP contribution in [-0.2, 0) is 0 Å². The predicted molar refractivity (Wildman–Crippen MR) is 81.7 cm³/mol. The molecule has 2 N–H and O–H groups in total. The van der Waals surface area contributed by atoms with Crippen molar-refractivity contribution in [1.29, 1.82) is 0 Å². The first-order chi connectivity index (χ1) is 9.26. The van der Waals surface area contributed by atoms with Gasteiger partial charge < -0.3 is 10.4 Å². The summed E-state index contributed by atoms with van der Waals surface area (Å²) in [5, 5.41) is 23.3. The molecule has 0 radical (unpaired) electrons. The summed E-state index contributed by atoms with van der Waals surface area (Å²) < 4.78 is 0. The Bertz CT molecular complexity index is 493. The van der Waals surface area contributed by atoms with E-state index in [1.54, 1.807) is 0 Å². The third-order valence-corrected chi connectivity index (χ3v) is 3.73. The van der Waals surface area contributed by atoms with Gasteiger partial charge in [0.25, 0.3) is 5.69 Å². The molecule has 7 heteroatoms. The Morgan fingerprint density at radius 1 is 1.35 bits per heavy atom. The van der Waals surface area contributed by atoms with E-state index in [1.807, 2.05) is 13.8 Å². The van der Waals surface area contributed by atoms with E-state index in [-0.39, 0.29) is 27.8 Å². The lowest BCUT2D eigenvalue weighted by atomic mass is 9.88. The molecule has 0 unspecified atom stereocenters. The number of benzene rings is 1. The van der Waals surface area contributed by atoms with Gasteiger partial charge in [0.05, 0.1) is 15.0 Å². The highest BCUT2D eigenvalue weighted by molar-refractivity contribution is 6.42. The Kier molecular flexibility index (Phi) is 6.05. The quantitative estimate of drug-likeness (QED) is 0.585. The van der Waals surface area contributed by atoms with Crippen molar-refractivity contribution < 1.29 is 10.0 Å². The van der Waals surface area contributed by atoms with Crippen molar-refractivity contribution in [3.05, 3.63) is 32.3 Å². The Morgan fingerprint density at radius 3 is 2.50 bits per heavy atom. The van der Waals surface area contributed by atoms with Crippen LogP contribution in [0, 0.1) is 15.5 Å². The smallest absolute Gasteiger partial charge is 0.293 e. The van der Waals surface area contributed by atoms with Gasteiger partial charge >= 0.3 is 0 Å². The molecule has 20 heavy (non-hydrogen) atoms. The normalized spacial score (nSPS) is 11.4. The zero-order valence-corrected chi connectivity index (χ0v) is 13.0. The van der Waals surface area contributed by atoms with Crippen molar-refractivity contribution in [2.45, 2.75) is 26.7 Å². The lowest BCUT2D eigenvalue weighted by molar-refractivity contribution is -0.383. The van der Waals surface area contributed by atoms with Crippen LogP contribution in [0.25, 0.3) is 0 Å². The fourth-order valence-electron chi connectivity index (χ4n) is 1.81. The molecule has 0 aromatic heterocycles. The number of hydrogen-bond acceptors (Lipinski definition) is 4. The molecule has 0 amide bonds. The molecular formula is C13H18Cl2N2O3. The highest BCUT2D eigenvalue weighted by Crippen LogP contribution is 2.35. The summed E-state index contributed by atoms with van der Waals surface area (Å²) in [6.07, 6.45) is 1.50. The van der Waals surface area contributed by atoms with Gasteiger partial charge in [-0.15, -0.1) is 0 Å². The zero-order chi connectivity index (χ0) is 15.3. The van der Waals surface area contributed by atoms with Crippen LogP contribution < -0.4 is 5.32 Å². The zero-order valence-electron chi connectivity index (χ0n) is 11.4. The van der Waals surface area contributed by atoms with Crippen LogP contribution in [0.4, 0.5) is 11.4 Å². The SMILES string of the molecule is CC(C)(CCCO)CNc1cc(Cl)c(Cl)cc1[N+](=O)[O-]. The fourth-order valence-corrected chi connectivity index (χ4v) is 2.13. The molecule has 0 atom stereocenters. The maximum absolute atomic E-state index is 11.0. The summed E-state index contributed by atoms with van der Waals surface area (Å²) >= 11 is 11.7. The molecule has 0 saturated heterocycles. The maximum Gasteiger partial charge on any atom is 0.293 e. The lowest BCUT2D eigenvalue weighted by Crippen LogP contribution is -2.23. The van der Waals surface area contributed by atoms with Gasteiger partial charge in [0.15, 0.2) is 0 Å². The minimum Gasteiger partial charge on any atom is -0.396 e. The predicted octanol–water partition coefficient (Wildman–Crippen LogP) is 4.11. The van der Waals surface area contributed by atoms with Crippen molar-refractivity contribution in [1.82, 2.24) is 0 Å². The van der Waals surface area contributed by atoms with E-state index >= 15 is 0 Å². The van der Waals surface area contributed by atoms with Gasteiger partial charge in [-0.3, -0.25) is 10.1 Å². The van der Waals surface area contributed by atoms with Crippen LogP contribution in [0.5, 0.6) is 0 Å². The van der Waals surface area contributed by atoms with Gasteiger partial charge in [0.1, 0.15) is 5.69 Å². The first-order valence-corrected chi connectivity index (χ1v) is 7.00. The summed E-state index contributed by atoms with van der Waals surface area (Å²) in [4.78, 5) is 10.5. The average molecular weight is 321 g/mol. The molecule has 0 bridgehead atoms. The van der Waals surface area contributed by atoms with Gasteiger partial charge in [-0.05, 0) is 24.3 Å². The molecule has 112 valence electrons. The van der Waals surface area contributed by atoms with Crippen LogP contribution in [0.3, 0.4) is 0 Å². The summed E-state index contributed by atoms with van der Waals surface area (Å²) in [5.74, 6) is 0. The number of aliphatic hydroxyl groups excluding tert-OH is 1. The molecule has 0 saturated carbocycles.